The molecule has 0 aromatic heterocycles. The van der Waals surface area contributed by atoms with Crippen molar-refractivity contribution in [3.8, 4) is 11.5 Å². The van der Waals surface area contributed by atoms with Crippen molar-refractivity contribution in [2.45, 2.75) is 12.5 Å². The van der Waals surface area contributed by atoms with Crippen LogP contribution in [0.25, 0.3) is 0 Å². The third-order valence-corrected chi connectivity index (χ3v) is 4.87. The van der Waals surface area contributed by atoms with Crippen molar-refractivity contribution in [1.82, 2.24) is 10.2 Å². The summed E-state index contributed by atoms with van der Waals surface area (Å²) in [6, 6.07) is 10.7. The molecular weight excluding hydrogens is 461 g/mol. The molecule has 0 saturated carbocycles. The van der Waals surface area contributed by atoms with E-state index in [-0.39, 0.29) is 41.8 Å². The van der Waals surface area contributed by atoms with Crippen LogP contribution in [0.15, 0.2) is 60.8 Å². The smallest absolute Gasteiger partial charge is 0.550 e. The Labute approximate surface area is 217 Å². The third kappa shape index (κ3) is 6.58. The summed E-state index contributed by atoms with van der Waals surface area (Å²) in [5.74, 6) is -1.88. The number of nitrogens with zero attached hydrogens (tertiary/aromatic N) is 2. The number of urea groups is 1. The van der Waals surface area contributed by atoms with Gasteiger partial charge in [-0.1, -0.05) is 29.8 Å². The molecule has 2 aromatic rings. The second-order valence-corrected chi connectivity index (χ2v) is 7.23. The SMILES string of the molecule is CN1C=CC(=O)[C@H](N(C(=O)NCCC(=O)[O-])c2cccc(Oc3ccccc3Cl)c2)C1=O.[Na+]. The number of amides is 3. The molecule has 1 heterocycles. The van der Waals surface area contributed by atoms with E-state index in [2.05, 4.69) is 5.32 Å². The predicted molar refractivity (Wildman–Crippen MR) is 114 cm³/mol. The molecule has 0 spiro atoms. The maximum Gasteiger partial charge on any atom is 1.00 e. The first-order valence-corrected chi connectivity index (χ1v) is 9.94. The van der Waals surface area contributed by atoms with Gasteiger partial charge in [0.2, 0.25) is 0 Å². The molecule has 1 aliphatic rings. The number of anilines is 1. The molecule has 3 amide bonds. The van der Waals surface area contributed by atoms with Crippen LogP contribution in [0.5, 0.6) is 11.5 Å². The number of rotatable bonds is 7. The van der Waals surface area contributed by atoms with Gasteiger partial charge < -0.3 is 24.9 Å². The Morgan fingerprint density at radius 2 is 1.91 bits per heavy atom. The molecule has 9 nitrogen and oxygen atoms in total. The summed E-state index contributed by atoms with van der Waals surface area (Å²) in [5, 5.41) is 13.5. The number of ketones is 1. The van der Waals surface area contributed by atoms with Gasteiger partial charge in [-0.2, -0.15) is 0 Å². The first-order chi connectivity index (χ1) is 15.3. The summed E-state index contributed by atoms with van der Waals surface area (Å²) in [5.41, 5.74) is 0.191. The van der Waals surface area contributed by atoms with Gasteiger partial charge in [-0.15, -0.1) is 0 Å². The Balaban J connectivity index is 0.00000385. The number of carboxylic acid groups (broad SMARTS) is 1. The number of hydrogen-bond donors (Lipinski definition) is 1. The van der Waals surface area contributed by atoms with E-state index in [1.807, 2.05) is 0 Å². The van der Waals surface area contributed by atoms with Gasteiger partial charge in [0.25, 0.3) is 5.91 Å². The molecule has 0 radical (unpaired) electrons. The number of nitrogens with one attached hydrogen (secondary N) is 1. The van der Waals surface area contributed by atoms with Crippen molar-refractivity contribution in [2.75, 3.05) is 18.5 Å². The van der Waals surface area contributed by atoms with Crippen LogP contribution in [0, 0.1) is 0 Å². The molecule has 2 aromatic carbocycles. The summed E-state index contributed by atoms with van der Waals surface area (Å²) < 4.78 is 5.78. The van der Waals surface area contributed by atoms with Gasteiger partial charge in [-0.05, 0) is 24.3 Å². The van der Waals surface area contributed by atoms with Gasteiger partial charge in [0.15, 0.2) is 11.8 Å². The third-order valence-electron chi connectivity index (χ3n) is 4.56. The van der Waals surface area contributed by atoms with Crippen LogP contribution in [0.4, 0.5) is 10.5 Å². The number of halogens is 1. The van der Waals surface area contributed by atoms with Crippen LogP contribution in [0.3, 0.4) is 0 Å². The molecule has 0 aliphatic carbocycles. The normalized spacial score (nSPS) is 15.0. The van der Waals surface area contributed by atoms with E-state index in [0.717, 1.165) is 4.90 Å². The molecule has 11 heteroatoms. The van der Waals surface area contributed by atoms with E-state index in [1.54, 1.807) is 36.4 Å². The summed E-state index contributed by atoms with van der Waals surface area (Å²) in [6.45, 7) is -0.242. The van der Waals surface area contributed by atoms with E-state index >= 15 is 0 Å². The van der Waals surface area contributed by atoms with E-state index in [1.165, 1.54) is 36.4 Å². The van der Waals surface area contributed by atoms with Crippen LogP contribution < -0.4 is 49.6 Å². The number of benzene rings is 2. The van der Waals surface area contributed by atoms with E-state index < -0.39 is 36.2 Å². The second kappa shape index (κ2) is 11.9. The van der Waals surface area contributed by atoms with Crippen molar-refractivity contribution in [3.63, 3.8) is 0 Å². The van der Waals surface area contributed by atoms with Crippen LogP contribution in [-0.2, 0) is 14.4 Å². The fourth-order valence-corrected chi connectivity index (χ4v) is 3.17. The fourth-order valence-electron chi connectivity index (χ4n) is 2.99. The maximum absolute atomic E-state index is 12.9. The molecule has 0 saturated heterocycles. The number of likely N-dealkylation sites (N-methyl/N-ethyl adjacent to an activating group) is 1. The number of aliphatic carboxylic acids is 1. The van der Waals surface area contributed by atoms with Crippen LogP contribution in [0.1, 0.15) is 6.42 Å². The zero-order valence-electron chi connectivity index (χ0n) is 18.0. The molecule has 1 N–H and O–H groups in total. The average Bonchev–Trinajstić information content (AvgIpc) is 2.75. The predicted octanol–water partition coefficient (Wildman–Crippen LogP) is -1.28. The molecule has 1 aliphatic heterocycles. The monoisotopic (exact) mass is 479 g/mol. The fraction of sp³-hybridized carbons (Fsp3) is 0.182. The van der Waals surface area contributed by atoms with E-state index in [4.69, 9.17) is 16.3 Å². The van der Waals surface area contributed by atoms with Crippen molar-refractivity contribution in [2.24, 2.45) is 0 Å². The Morgan fingerprint density at radius 1 is 1.18 bits per heavy atom. The van der Waals surface area contributed by atoms with Gasteiger partial charge in [-0.25, -0.2) is 4.79 Å². The number of hydrogen-bond acceptors (Lipinski definition) is 6. The number of carbonyl (C=O) groups excluding carboxylic acids is 4. The topological polar surface area (TPSA) is 119 Å². The summed E-state index contributed by atoms with van der Waals surface area (Å²) in [4.78, 5) is 51.1. The molecule has 33 heavy (non-hydrogen) atoms. The van der Waals surface area contributed by atoms with Crippen molar-refractivity contribution < 1.29 is 58.6 Å². The van der Waals surface area contributed by atoms with Gasteiger partial charge in [0, 0.05) is 44.3 Å². The van der Waals surface area contributed by atoms with Gasteiger partial charge in [0.1, 0.15) is 11.5 Å². The molecular formula is C22H19ClN3NaO6. The molecule has 0 bridgehead atoms. The van der Waals surface area contributed by atoms with Gasteiger partial charge in [-0.3, -0.25) is 14.5 Å². The van der Waals surface area contributed by atoms with Crippen LogP contribution >= 0.6 is 11.6 Å². The Morgan fingerprint density at radius 3 is 2.61 bits per heavy atom. The number of para-hydroxylation sites is 1. The zero-order valence-corrected chi connectivity index (χ0v) is 20.7. The van der Waals surface area contributed by atoms with E-state index in [0.29, 0.717) is 16.5 Å². The first-order valence-electron chi connectivity index (χ1n) is 9.56. The summed E-state index contributed by atoms with van der Waals surface area (Å²) >= 11 is 6.13. The minimum atomic E-state index is -1.47. The average molecular weight is 480 g/mol. The molecule has 166 valence electrons. The quantitative estimate of drug-likeness (QED) is 0.390. The van der Waals surface area contributed by atoms with Crippen LogP contribution in [-0.4, -0.2) is 48.2 Å². The van der Waals surface area contributed by atoms with Gasteiger partial charge >= 0.3 is 35.6 Å². The van der Waals surface area contributed by atoms with E-state index in [9.17, 15) is 24.3 Å². The van der Waals surface area contributed by atoms with Crippen molar-refractivity contribution >= 4 is 41.0 Å². The molecule has 3 rings (SSSR count). The Hall–Kier alpha value is -2.85. The van der Waals surface area contributed by atoms with Gasteiger partial charge in [0.05, 0.1) is 10.7 Å². The minimum absolute atomic E-state index is 0. The number of carboxylic acids is 1. The standard InChI is InChI=1S/C22H20ClN3O6.Na/c1-25-12-10-17(27)20(21(25)30)26(22(31)24-11-9-19(28)29)14-5-4-6-15(13-14)32-18-8-3-2-7-16(18)23;/h2-8,10,12-13,20H,9,11H2,1H3,(H,24,31)(H,28,29);/q;+1/p-1/t20-;/m0./s1. The molecule has 0 unspecified atom stereocenters. The number of carbonyl (C=O) groups is 4. The Bertz CT molecular complexity index is 1090. The maximum atomic E-state index is 12.9. The second-order valence-electron chi connectivity index (χ2n) is 6.82. The largest absolute Gasteiger partial charge is 1.00 e. The molecule has 0 fully saturated rings. The van der Waals surface area contributed by atoms with Crippen LogP contribution in [0.2, 0.25) is 5.02 Å². The Kier molecular flexibility index (Phi) is 9.48. The van der Waals surface area contributed by atoms with Crippen molar-refractivity contribution in [3.05, 3.63) is 65.8 Å². The summed E-state index contributed by atoms with van der Waals surface area (Å²) in [7, 11) is 1.46. The first kappa shape index (κ1) is 26.4. The zero-order chi connectivity index (χ0) is 23.3. The molecule has 1 atom stereocenters. The van der Waals surface area contributed by atoms with Crippen molar-refractivity contribution in [1.29, 1.82) is 0 Å². The number of ether oxygens (including phenoxy) is 1. The minimum Gasteiger partial charge on any atom is -0.550 e. The summed E-state index contributed by atoms with van der Waals surface area (Å²) in [6.07, 6.45) is 2.07.